The molecule has 1 unspecified atom stereocenters. The molecule has 0 aliphatic heterocycles. The molecule has 0 rings (SSSR count). The van der Waals surface area contributed by atoms with E-state index >= 15 is 0 Å². The maximum absolute atomic E-state index is 12.9. The molecule has 0 saturated carbocycles. The quantitative estimate of drug-likeness (QED) is 0.0261. The SMILES string of the molecule is CCCCCCC/C=C\C/C=C\C/C=C\CCCCCCCCCCCCCCC(=O)OCC(COC(=O)CCCCCCCCCCCC)OC(=O)CCCCCCCCCCC/C=C\CCCCCCCC. The Morgan fingerprint density at radius 1 is 0.270 bits per heavy atom. The summed E-state index contributed by atoms with van der Waals surface area (Å²) < 4.78 is 16.9. The van der Waals surface area contributed by atoms with Crippen molar-refractivity contribution in [1.82, 2.24) is 0 Å². The molecule has 0 fully saturated rings. The van der Waals surface area contributed by atoms with Gasteiger partial charge < -0.3 is 14.2 Å². The lowest BCUT2D eigenvalue weighted by Crippen LogP contribution is -2.30. The summed E-state index contributed by atoms with van der Waals surface area (Å²) in [6, 6.07) is 0. The van der Waals surface area contributed by atoms with Gasteiger partial charge in [0, 0.05) is 19.3 Å². The van der Waals surface area contributed by atoms with Crippen molar-refractivity contribution in [3.8, 4) is 0 Å². The van der Waals surface area contributed by atoms with Crippen LogP contribution in [0.25, 0.3) is 0 Å². The molecule has 0 aromatic carbocycles. The highest BCUT2D eigenvalue weighted by molar-refractivity contribution is 5.71. The van der Waals surface area contributed by atoms with Crippen LogP contribution in [0.15, 0.2) is 48.6 Å². The Kier molecular flexibility index (Phi) is 60.7. The molecule has 0 saturated heterocycles. The van der Waals surface area contributed by atoms with Gasteiger partial charge >= 0.3 is 17.9 Å². The summed E-state index contributed by atoms with van der Waals surface area (Å²) in [4.78, 5) is 38.2. The monoisotopic (exact) mass is 1040 g/mol. The van der Waals surface area contributed by atoms with Gasteiger partial charge in [-0.05, 0) is 83.5 Å². The van der Waals surface area contributed by atoms with E-state index in [9.17, 15) is 14.4 Å². The summed E-state index contributed by atoms with van der Waals surface area (Å²) in [6.45, 7) is 6.66. The molecule has 6 nitrogen and oxygen atoms in total. The highest BCUT2D eigenvalue weighted by atomic mass is 16.6. The number of esters is 3. The molecule has 6 heteroatoms. The number of carbonyl (C=O) groups excluding carboxylic acids is 3. The molecule has 0 N–H and O–H groups in total. The third kappa shape index (κ3) is 60.2. The molecule has 0 aliphatic carbocycles. The Balaban J connectivity index is 4.19. The number of carbonyl (C=O) groups is 3. The van der Waals surface area contributed by atoms with E-state index < -0.39 is 6.10 Å². The number of hydrogen-bond donors (Lipinski definition) is 0. The van der Waals surface area contributed by atoms with Gasteiger partial charge in [-0.25, -0.2) is 0 Å². The molecule has 0 radical (unpaired) electrons. The van der Waals surface area contributed by atoms with Gasteiger partial charge in [0.25, 0.3) is 0 Å². The van der Waals surface area contributed by atoms with Crippen molar-refractivity contribution >= 4 is 17.9 Å². The van der Waals surface area contributed by atoms with Crippen molar-refractivity contribution in [1.29, 1.82) is 0 Å². The number of ether oxygens (including phenoxy) is 3. The number of allylic oxidation sites excluding steroid dienone is 8. The minimum atomic E-state index is -0.772. The molecular weight excluding hydrogens is 913 g/mol. The Morgan fingerprint density at radius 3 is 0.770 bits per heavy atom. The van der Waals surface area contributed by atoms with Crippen molar-refractivity contribution in [2.75, 3.05) is 13.2 Å². The van der Waals surface area contributed by atoms with Crippen LogP contribution in [-0.2, 0) is 28.6 Å². The average Bonchev–Trinajstić information content (AvgIpc) is 3.40. The van der Waals surface area contributed by atoms with Gasteiger partial charge in [0.2, 0.25) is 0 Å². The summed E-state index contributed by atoms with van der Waals surface area (Å²) >= 11 is 0. The first-order valence-electron chi connectivity index (χ1n) is 32.6. The molecule has 0 amide bonds. The highest BCUT2D eigenvalue weighted by Crippen LogP contribution is 2.17. The third-order valence-electron chi connectivity index (χ3n) is 14.6. The fourth-order valence-corrected chi connectivity index (χ4v) is 9.62. The van der Waals surface area contributed by atoms with Crippen LogP contribution in [0.5, 0.6) is 0 Å². The smallest absolute Gasteiger partial charge is 0.306 e. The van der Waals surface area contributed by atoms with E-state index in [-0.39, 0.29) is 31.1 Å². The molecule has 432 valence electrons. The van der Waals surface area contributed by atoms with Crippen LogP contribution >= 0.6 is 0 Å². The Morgan fingerprint density at radius 2 is 0.486 bits per heavy atom. The summed E-state index contributed by atoms with van der Waals surface area (Å²) in [5.74, 6) is -0.856. The Labute approximate surface area is 460 Å². The predicted molar refractivity (Wildman–Crippen MR) is 321 cm³/mol. The van der Waals surface area contributed by atoms with Gasteiger partial charge in [0.05, 0.1) is 0 Å². The second kappa shape index (κ2) is 62.9. The zero-order valence-corrected chi connectivity index (χ0v) is 49.6. The summed E-state index contributed by atoms with van der Waals surface area (Å²) in [7, 11) is 0. The molecule has 0 heterocycles. The van der Waals surface area contributed by atoms with Crippen molar-refractivity contribution in [2.24, 2.45) is 0 Å². The van der Waals surface area contributed by atoms with Crippen LogP contribution < -0.4 is 0 Å². The van der Waals surface area contributed by atoms with Gasteiger partial charge in [0.15, 0.2) is 6.10 Å². The van der Waals surface area contributed by atoms with Crippen LogP contribution in [0.2, 0.25) is 0 Å². The lowest BCUT2D eigenvalue weighted by Gasteiger charge is -2.18. The van der Waals surface area contributed by atoms with Crippen LogP contribution in [0, 0.1) is 0 Å². The number of rotatable bonds is 60. The first-order chi connectivity index (χ1) is 36.5. The predicted octanol–water partition coefficient (Wildman–Crippen LogP) is 22.2. The topological polar surface area (TPSA) is 78.9 Å². The largest absolute Gasteiger partial charge is 0.462 e. The van der Waals surface area contributed by atoms with E-state index in [0.29, 0.717) is 19.3 Å². The van der Waals surface area contributed by atoms with Crippen molar-refractivity contribution in [3.63, 3.8) is 0 Å². The lowest BCUT2D eigenvalue weighted by atomic mass is 10.0. The minimum absolute atomic E-state index is 0.0704. The third-order valence-corrected chi connectivity index (χ3v) is 14.6. The Hall–Kier alpha value is -2.63. The highest BCUT2D eigenvalue weighted by Gasteiger charge is 2.19. The maximum atomic E-state index is 12.9. The van der Waals surface area contributed by atoms with Crippen LogP contribution in [0.4, 0.5) is 0 Å². The van der Waals surface area contributed by atoms with Gasteiger partial charge in [-0.15, -0.1) is 0 Å². The minimum Gasteiger partial charge on any atom is -0.462 e. The molecule has 0 bridgehead atoms. The van der Waals surface area contributed by atoms with Gasteiger partial charge in [-0.3, -0.25) is 14.4 Å². The molecule has 0 aromatic rings. The zero-order chi connectivity index (χ0) is 53.6. The number of unbranched alkanes of at least 4 members (excludes halogenated alkanes) is 41. The molecule has 0 spiro atoms. The van der Waals surface area contributed by atoms with E-state index in [4.69, 9.17) is 14.2 Å². The fraction of sp³-hybridized carbons (Fsp3) is 0.838. The number of hydrogen-bond acceptors (Lipinski definition) is 6. The fourth-order valence-electron chi connectivity index (χ4n) is 9.62. The Bertz CT molecular complexity index is 1280. The molecule has 0 aromatic heterocycles. The second-order valence-corrected chi connectivity index (χ2v) is 22.0. The zero-order valence-electron chi connectivity index (χ0n) is 49.6. The van der Waals surface area contributed by atoms with Crippen LogP contribution in [0.1, 0.15) is 348 Å². The van der Waals surface area contributed by atoms with Gasteiger partial charge in [0.1, 0.15) is 13.2 Å². The summed E-state index contributed by atoms with van der Waals surface area (Å²) in [5.41, 5.74) is 0. The molecule has 1 atom stereocenters. The standard InChI is InChI=1S/C68H124O6/c1-4-7-10-13-16-19-22-24-26-28-30-31-32-33-34-35-36-37-39-40-42-44-46-49-52-55-58-61-67(70)73-64-65(63-72-66(69)60-57-54-51-48-21-18-15-12-9-6-3)74-68(71)62-59-56-53-50-47-45-43-41-38-29-27-25-23-20-17-14-11-8-5-2/h22,24-25,27-28,30,32-33,65H,4-21,23,26,29,31,34-64H2,1-3H3/b24-22-,27-25-,30-28-,33-32-. The van der Waals surface area contributed by atoms with E-state index in [1.165, 1.54) is 238 Å². The van der Waals surface area contributed by atoms with Crippen molar-refractivity contribution < 1.29 is 28.6 Å². The van der Waals surface area contributed by atoms with E-state index in [0.717, 1.165) is 70.6 Å². The second-order valence-electron chi connectivity index (χ2n) is 22.0. The van der Waals surface area contributed by atoms with Gasteiger partial charge in [-0.1, -0.05) is 294 Å². The molecular formula is C68H124O6. The average molecular weight is 1040 g/mol. The summed E-state index contributed by atoms with van der Waals surface area (Å²) in [5, 5.41) is 0. The van der Waals surface area contributed by atoms with Gasteiger partial charge in [-0.2, -0.15) is 0 Å². The summed E-state index contributed by atoms with van der Waals surface area (Å²) in [6.07, 6.45) is 78.4. The van der Waals surface area contributed by atoms with Crippen molar-refractivity contribution in [2.45, 2.75) is 354 Å². The first-order valence-corrected chi connectivity index (χ1v) is 32.6. The normalized spacial score (nSPS) is 12.3. The first kappa shape index (κ1) is 71.4. The van der Waals surface area contributed by atoms with Crippen molar-refractivity contribution in [3.05, 3.63) is 48.6 Å². The van der Waals surface area contributed by atoms with E-state index in [1.807, 2.05) is 0 Å². The lowest BCUT2D eigenvalue weighted by molar-refractivity contribution is -0.167. The maximum Gasteiger partial charge on any atom is 0.306 e. The van der Waals surface area contributed by atoms with Crippen LogP contribution in [-0.4, -0.2) is 37.2 Å². The van der Waals surface area contributed by atoms with E-state index in [2.05, 4.69) is 69.4 Å². The molecule has 74 heavy (non-hydrogen) atoms. The van der Waals surface area contributed by atoms with Crippen LogP contribution in [0.3, 0.4) is 0 Å². The van der Waals surface area contributed by atoms with E-state index in [1.54, 1.807) is 0 Å². The molecule has 0 aliphatic rings.